The van der Waals surface area contributed by atoms with Gasteiger partial charge in [0.15, 0.2) is 6.29 Å². The summed E-state index contributed by atoms with van der Waals surface area (Å²) in [6.07, 6.45) is 5.56. The lowest BCUT2D eigenvalue weighted by molar-refractivity contribution is 0.111. The van der Waals surface area contributed by atoms with Gasteiger partial charge in [0.25, 0.3) is 0 Å². The summed E-state index contributed by atoms with van der Waals surface area (Å²) in [5, 5.41) is 3.69. The van der Waals surface area contributed by atoms with Gasteiger partial charge in [-0.1, -0.05) is 24.9 Å². The maximum Gasteiger partial charge on any atom is 0.171 e. The van der Waals surface area contributed by atoms with Gasteiger partial charge in [-0.2, -0.15) is 0 Å². The van der Waals surface area contributed by atoms with E-state index in [1.54, 1.807) is 6.07 Å². The number of hydrogen-bond donors (Lipinski definition) is 0. The van der Waals surface area contributed by atoms with Crippen LogP contribution in [0.25, 0.3) is 0 Å². The first-order valence-corrected chi connectivity index (χ1v) is 5.21. The summed E-state index contributed by atoms with van der Waals surface area (Å²) in [7, 11) is 0. The molecule has 0 aromatic carbocycles. The van der Waals surface area contributed by atoms with Crippen molar-refractivity contribution in [2.75, 3.05) is 0 Å². The van der Waals surface area contributed by atoms with Gasteiger partial charge in [0, 0.05) is 12.0 Å². The van der Waals surface area contributed by atoms with Gasteiger partial charge in [-0.15, -0.1) is 0 Å². The molecule has 0 spiro atoms. The molecule has 1 aliphatic carbocycles. The lowest BCUT2D eigenvalue weighted by Gasteiger charge is -2.23. The van der Waals surface area contributed by atoms with Crippen LogP contribution in [0.4, 0.5) is 0 Å². The van der Waals surface area contributed by atoms with Crippen LogP contribution in [-0.4, -0.2) is 11.4 Å². The number of rotatable bonds is 2. The van der Waals surface area contributed by atoms with E-state index in [1.807, 2.05) is 0 Å². The molecule has 0 bridgehead atoms. The third-order valence-electron chi connectivity index (χ3n) is 3.09. The standard InChI is InChI=1S/C11H15NO2/c1-8-2-4-9(5-3-8)11-6-10(7-13)12-14-11/h6-9H,2-5H2,1H3/t8-,9-. The topological polar surface area (TPSA) is 43.1 Å². The van der Waals surface area contributed by atoms with Crippen LogP contribution in [0, 0.1) is 5.92 Å². The van der Waals surface area contributed by atoms with E-state index in [-0.39, 0.29) is 0 Å². The molecule has 1 aromatic rings. The van der Waals surface area contributed by atoms with E-state index < -0.39 is 0 Å². The van der Waals surface area contributed by atoms with Crippen LogP contribution in [0.3, 0.4) is 0 Å². The highest BCUT2D eigenvalue weighted by molar-refractivity contribution is 5.71. The minimum Gasteiger partial charge on any atom is -0.360 e. The van der Waals surface area contributed by atoms with Crippen LogP contribution in [0.1, 0.15) is 54.8 Å². The van der Waals surface area contributed by atoms with Gasteiger partial charge >= 0.3 is 0 Å². The highest BCUT2D eigenvalue weighted by Gasteiger charge is 2.22. The van der Waals surface area contributed by atoms with Crippen molar-refractivity contribution in [1.82, 2.24) is 5.16 Å². The molecule has 0 unspecified atom stereocenters. The molecule has 0 radical (unpaired) electrons. The van der Waals surface area contributed by atoms with Crippen molar-refractivity contribution < 1.29 is 9.32 Å². The molecule has 0 N–H and O–H groups in total. The fourth-order valence-electron chi connectivity index (χ4n) is 2.10. The second-order valence-electron chi connectivity index (χ2n) is 4.23. The molecule has 0 saturated heterocycles. The maximum atomic E-state index is 10.4. The predicted octanol–water partition coefficient (Wildman–Crippen LogP) is 2.78. The highest BCUT2D eigenvalue weighted by atomic mass is 16.5. The molecular weight excluding hydrogens is 178 g/mol. The van der Waals surface area contributed by atoms with Crippen molar-refractivity contribution >= 4 is 6.29 Å². The summed E-state index contributed by atoms with van der Waals surface area (Å²) < 4.78 is 5.15. The van der Waals surface area contributed by atoms with E-state index in [9.17, 15) is 4.79 Å². The zero-order chi connectivity index (χ0) is 9.97. The molecule has 3 heteroatoms. The normalized spacial score (nSPS) is 27.5. The Labute approximate surface area is 83.5 Å². The third kappa shape index (κ3) is 1.86. The molecular formula is C11H15NO2. The Kier molecular flexibility index (Phi) is 2.66. The molecule has 0 atom stereocenters. The average molecular weight is 193 g/mol. The molecule has 1 fully saturated rings. The SMILES string of the molecule is C[C@H]1CC[C@H](c2cc(C=O)no2)CC1. The van der Waals surface area contributed by atoms with Crippen molar-refractivity contribution in [3.8, 4) is 0 Å². The number of hydrogen-bond acceptors (Lipinski definition) is 3. The van der Waals surface area contributed by atoms with E-state index in [0.717, 1.165) is 30.8 Å². The van der Waals surface area contributed by atoms with Crippen LogP contribution >= 0.6 is 0 Å². The number of aldehydes is 1. The Hall–Kier alpha value is -1.12. The van der Waals surface area contributed by atoms with Crippen molar-refractivity contribution in [2.45, 2.75) is 38.5 Å². The van der Waals surface area contributed by atoms with Gasteiger partial charge in [-0.25, -0.2) is 0 Å². The van der Waals surface area contributed by atoms with Gasteiger partial charge in [-0.05, 0) is 18.8 Å². The maximum absolute atomic E-state index is 10.4. The molecule has 2 rings (SSSR count). The Bertz CT molecular complexity index is 311. The van der Waals surface area contributed by atoms with Crippen LogP contribution in [-0.2, 0) is 0 Å². The van der Waals surface area contributed by atoms with Crippen LogP contribution in [0.5, 0.6) is 0 Å². The summed E-state index contributed by atoms with van der Waals surface area (Å²) >= 11 is 0. The highest BCUT2D eigenvalue weighted by Crippen LogP contribution is 2.35. The number of carbonyl (C=O) groups excluding carboxylic acids is 1. The summed E-state index contributed by atoms with van der Waals surface area (Å²) in [5.74, 6) is 2.20. The Morgan fingerprint density at radius 1 is 1.43 bits per heavy atom. The van der Waals surface area contributed by atoms with Gasteiger partial charge in [0.2, 0.25) is 0 Å². The van der Waals surface area contributed by atoms with Gasteiger partial charge in [0.05, 0.1) is 0 Å². The Morgan fingerprint density at radius 2 is 2.14 bits per heavy atom. The molecule has 14 heavy (non-hydrogen) atoms. The van der Waals surface area contributed by atoms with E-state index in [1.165, 1.54) is 12.8 Å². The summed E-state index contributed by atoms with van der Waals surface area (Å²) in [5.41, 5.74) is 0.415. The molecule has 3 nitrogen and oxygen atoms in total. The monoisotopic (exact) mass is 193 g/mol. The summed E-state index contributed by atoms with van der Waals surface area (Å²) in [4.78, 5) is 10.4. The quantitative estimate of drug-likeness (QED) is 0.678. The predicted molar refractivity (Wildman–Crippen MR) is 52.3 cm³/mol. The van der Waals surface area contributed by atoms with E-state index in [4.69, 9.17) is 4.52 Å². The molecule has 0 aliphatic heterocycles. The minimum atomic E-state index is 0.415. The van der Waals surface area contributed by atoms with Crippen LogP contribution in [0.2, 0.25) is 0 Å². The molecule has 1 heterocycles. The average Bonchev–Trinajstić information content (AvgIpc) is 2.67. The van der Waals surface area contributed by atoms with E-state index in [0.29, 0.717) is 11.6 Å². The zero-order valence-corrected chi connectivity index (χ0v) is 8.40. The van der Waals surface area contributed by atoms with Gasteiger partial charge in [0.1, 0.15) is 11.5 Å². The number of nitrogens with zero attached hydrogens (tertiary/aromatic N) is 1. The Morgan fingerprint density at radius 3 is 2.71 bits per heavy atom. The largest absolute Gasteiger partial charge is 0.360 e. The molecule has 1 aliphatic rings. The minimum absolute atomic E-state index is 0.415. The first-order valence-electron chi connectivity index (χ1n) is 5.21. The summed E-state index contributed by atoms with van der Waals surface area (Å²) in [6, 6.07) is 1.77. The third-order valence-corrected chi connectivity index (χ3v) is 3.09. The number of carbonyl (C=O) groups is 1. The fourth-order valence-corrected chi connectivity index (χ4v) is 2.10. The summed E-state index contributed by atoms with van der Waals surface area (Å²) in [6.45, 7) is 2.29. The van der Waals surface area contributed by atoms with E-state index >= 15 is 0 Å². The van der Waals surface area contributed by atoms with Crippen molar-refractivity contribution in [3.63, 3.8) is 0 Å². The second-order valence-corrected chi connectivity index (χ2v) is 4.23. The fraction of sp³-hybridized carbons (Fsp3) is 0.636. The van der Waals surface area contributed by atoms with Crippen molar-refractivity contribution in [1.29, 1.82) is 0 Å². The molecule has 76 valence electrons. The van der Waals surface area contributed by atoms with Crippen LogP contribution in [0.15, 0.2) is 10.6 Å². The lowest BCUT2D eigenvalue weighted by atomic mass is 9.82. The van der Waals surface area contributed by atoms with Crippen molar-refractivity contribution in [2.24, 2.45) is 5.92 Å². The lowest BCUT2D eigenvalue weighted by Crippen LogP contribution is -2.10. The second kappa shape index (κ2) is 3.95. The van der Waals surface area contributed by atoms with Crippen LogP contribution < -0.4 is 0 Å². The van der Waals surface area contributed by atoms with Gasteiger partial charge < -0.3 is 4.52 Å². The smallest absolute Gasteiger partial charge is 0.171 e. The van der Waals surface area contributed by atoms with E-state index in [2.05, 4.69) is 12.1 Å². The van der Waals surface area contributed by atoms with Gasteiger partial charge in [-0.3, -0.25) is 4.79 Å². The Balaban J connectivity index is 2.04. The van der Waals surface area contributed by atoms with Crippen molar-refractivity contribution in [3.05, 3.63) is 17.5 Å². The number of aromatic nitrogens is 1. The zero-order valence-electron chi connectivity index (χ0n) is 8.40. The first kappa shape index (κ1) is 9.44. The molecule has 0 amide bonds. The molecule has 1 saturated carbocycles. The first-order chi connectivity index (χ1) is 6.79. The molecule has 1 aromatic heterocycles.